The van der Waals surface area contributed by atoms with Crippen LogP contribution in [0.25, 0.3) is 0 Å². The Bertz CT molecular complexity index is 773. The molecule has 0 aliphatic heterocycles. The third kappa shape index (κ3) is 6.58. The van der Waals surface area contributed by atoms with Gasteiger partial charge in [-0.3, -0.25) is 0 Å². The molecule has 0 saturated heterocycles. The summed E-state index contributed by atoms with van der Waals surface area (Å²) < 4.78 is 0. The van der Waals surface area contributed by atoms with E-state index in [-0.39, 0.29) is 22.9 Å². The first kappa shape index (κ1) is 20.0. The molecular weight excluding hydrogens is 338 g/mol. The number of pyridine rings is 3. The highest BCUT2D eigenvalue weighted by Crippen LogP contribution is 2.12. The molecule has 10 heteroatoms. The van der Waals surface area contributed by atoms with Gasteiger partial charge in [0, 0.05) is 18.6 Å². The van der Waals surface area contributed by atoms with E-state index in [9.17, 15) is 4.79 Å². The van der Waals surface area contributed by atoms with Gasteiger partial charge < -0.3 is 33.1 Å². The van der Waals surface area contributed by atoms with Gasteiger partial charge >= 0.3 is 5.97 Å². The van der Waals surface area contributed by atoms with Crippen molar-refractivity contribution in [2.45, 2.75) is 0 Å². The topological polar surface area (TPSA) is 200 Å². The highest BCUT2D eigenvalue weighted by Gasteiger charge is 2.05. The van der Waals surface area contributed by atoms with E-state index in [4.69, 9.17) is 33.1 Å². The Kier molecular flexibility index (Phi) is 7.62. The molecule has 0 fully saturated rings. The molecule has 0 aliphatic carbocycles. The van der Waals surface area contributed by atoms with E-state index in [0.717, 1.165) is 0 Å². The van der Waals surface area contributed by atoms with Crippen LogP contribution in [0.3, 0.4) is 0 Å². The summed E-state index contributed by atoms with van der Waals surface area (Å²) in [6.45, 7) is 0. The van der Waals surface area contributed by atoms with Crippen molar-refractivity contribution < 1.29 is 15.0 Å². The molecule has 0 atom stereocenters. The number of aromatic carboxylic acids is 1. The molecule has 0 radical (unpaired) electrons. The van der Waals surface area contributed by atoms with E-state index in [1.54, 1.807) is 24.4 Å². The predicted molar refractivity (Wildman–Crippen MR) is 99.0 cm³/mol. The average molecular weight is 357 g/mol. The number of rotatable bonds is 1. The third-order valence-electron chi connectivity index (χ3n) is 2.76. The Hall–Kier alpha value is -4.08. The molecule has 0 bridgehead atoms. The lowest BCUT2D eigenvalue weighted by Crippen LogP contribution is -2.03. The highest BCUT2D eigenvalue weighted by molar-refractivity contribution is 5.92. The minimum Gasteiger partial charge on any atom is -0.504 e. The Morgan fingerprint density at radius 3 is 1.58 bits per heavy atom. The van der Waals surface area contributed by atoms with Crippen molar-refractivity contribution in [2.75, 3.05) is 22.9 Å². The number of nitrogen functional groups attached to an aromatic ring is 4. The normalized spacial score (nSPS) is 9.08. The second-order valence-corrected chi connectivity index (χ2v) is 4.63. The second-order valence-electron chi connectivity index (χ2n) is 4.63. The van der Waals surface area contributed by atoms with E-state index in [1.165, 1.54) is 30.6 Å². The fourth-order valence-electron chi connectivity index (χ4n) is 1.44. The number of anilines is 4. The number of aromatic hydroxyl groups is 1. The van der Waals surface area contributed by atoms with Gasteiger partial charge in [0.25, 0.3) is 0 Å². The first-order valence-electron chi connectivity index (χ1n) is 7.12. The summed E-state index contributed by atoms with van der Waals surface area (Å²) in [5.41, 5.74) is 21.6. The summed E-state index contributed by atoms with van der Waals surface area (Å²) in [6, 6.07) is 9.49. The number of carbonyl (C=O) groups is 1. The Labute approximate surface area is 149 Å². The maximum absolute atomic E-state index is 10.3. The number of carboxylic acid groups (broad SMARTS) is 1. The monoisotopic (exact) mass is 357 g/mol. The van der Waals surface area contributed by atoms with Gasteiger partial charge in [0.1, 0.15) is 17.2 Å². The van der Waals surface area contributed by atoms with Crippen LogP contribution in [-0.2, 0) is 0 Å². The molecule has 0 unspecified atom stereocenters. The number of hydrogen-bond donors (Lipinski definition) is 6. The van der Waals surface area contributed by atoms with Crippen molar-refractivity contribution in [1.29, 1.82) is 0 Å². The molecule has 26 heavy (non-hydrogen) atoms. The maximum atomic E-state index is 10.3. The van der Waals surface area contributed by atoms with Crippen LogP contribution in [0.5, 0.6) is 5.75 Å². The van der Waals surface area contributed by atoms with Crippen LogP contribution in [0.15, 0.2) is 55.0 Å². The standard InChI is InChI=1S/C6H6N2O2.C5H7N3.C5H6N2O/c7-5-4(6(9)10)2-1-3-8-5;6-4-2-1-3-8-5(4)7;6-5-4(8)2-1-3-7-5/h1-3H,(H2,7,8)(H,9,10);1-3H,6H2,(H2,7,8);1-3,8H,(H2,6,7). The lowest BCUT2D eigenvalue weighted by molar-refractivity contribution is 0.0697. The average Bonchev–Trinajstić information content (AvgIpc) is 2.61. The van der Waals surface area contributed by atoms with Gasteiger partial charge in [-0.25, -0.2) is 19.7 Å². The number of nitrogens with zero attached hydrogens (tertiary/aromatic N) is 3. The summed E-state index contributed by atoms with van der Waals surface area (Å²) >= 11 is 0. The zero-order chi connectivity index (χ0) is 19.5. The van der Waals surface area contributed by atoms with E-state index in [2.05, 4.69) is 15.0 Å². The number of carboxylic acids is 1. The van der Waals surface area contributed by atoms with Gasteiger partial charge in [0.05, 0.1) is 5.69 Å². The first-order chi connectivity index (χ1) is 12.3. The van der Waals surface area contributed by atoms with E-state index in [1.807, 2.05) is 0 Å². The Morgan fingerprint density at radius 1 is 0.769 bits per heavy atom. The molecule has 3 rings (SSSR count). The predicted octanol–water partition coefficient (Wildman–Crippen LogP) is 0.977. The minimum absolute atomic E-state index is 0.0347. The van der Waals surface area contributed by atoms with Gasteiger partial charge in [0.15, 0.2) is 11.6 Å². The second kappa shape index (κ2) is 9.93. The first-order valence-corrected chi connectivity index (χ1v) is 7.12. The summed E-state index contributed by atoms with van der Waals surface area (Å²) in [7, 11) is 0. The Balaban J connectivity index is 0.000000197. The molecule has 0 spiro atoms. The van der Waals surface area contributed by atoms with Crippen LogP contribution >= 0.6 is 0 Å². The molecule has 3 aromatic heterocycles. The van der Waals surface area contributed by atoms with E-state index >= 15 is 0 Å². The van der Waals surface area contributed by atoms with Crippen LogP contribution < -0.4 is 22.9 Å². The van der Waals surface area contributed by atoms with Crippen LogP contribution in [0, 0.1) is 0 Å². The third-order valence-corrected chi connectivity index (χ3v) is 2.76. The van der Waals surface area contributed by atoms with Gasteiger partial charge in [0.2, 0.25) is 0 Å². The number of nitrogens with two attached hydrogens (primary N) is 4. The SMILES string of the molecule is Nc1cccnc1N.Nc1ncccc1C(=O)O.Nc1ncccc1O. The van der Waals surface area contributed by atoms with Crippen molar-refractivity contribution in [3.05, 3.63) is 60.6 Å². The lowest BCUT2D eigenvalue weighted by Gasteiger charge is -1.95. The largest absolute Gasteiger partial charge is 0.504 e. The van der Waals surface area contributed by atoms with Crippen molar-refractivity contribution >= 4 is 29.1 Å². The lowest BCUT2D eigenvalue weighted by atomic mass is 10.3. The van der Waals surface area contributed by atoms with Crippen LogP contribution in [0.1, 0.15) is 10.4 Å². The summed E-state index contributed by atoms with van der Waals surface area (Å²) in [4.78, 5) is 21.2. The summed E-state index contributed by atoms with van der Waals surface area (Å²) in [5.74, 6) is -0.395. The zero-order valence-electron chi connectivity index (χ0n) is 13.6. The number of aromatic nitrogens is 3. The smallest absolute Gasteiger partial charge is 0.339 e. The fourth-order valence-corrected chi connectivity index (χ4v) is 1.44. The molecule has 0 saturated carbocycles. The van der Waals surface area contributed by atoms with Gasteiger partial charge in [-0.1, -0.05) is 0 Å². The Morgan fingerprint density at radius 2 is 1.27 bits per heavy atom. The van der Waals surface area contributed by atoms with Crippen molar-refractivity contribution in [3.8, 4) is 5.75 Å². The minimum atomic E-state index is -1.05. The van der Waals surface area contributed by atoms with Crippen molar-refractivity contribution in [2.24, 2.45) is 0 Å². The van der Waals surface area contributed by atoms with Crippen LogP contribution in [0.2, 0.25) is 0 Å². The van der Waals surface area contributed by atoms with Crippen molar-refractivity contribution in [1.82, 2.24) is 15.0 Å². The van der Waals surface area contributed by atoms with Gasteiger partial charge in [-0.15, -0.1) is 0 Å². The maximum Gasteiger partial charge on any atom is 0.339 e. The summed E-state index contributed by atoms with van der Waals surface area (Å²) in [5, 5.41) is 17.2. The summed E-state index contributed by atoms with van der Waals surface area (Å²) in [6.07, 6.45) is 4.57. The van der Waals surface area contributed by atoms with E-state index < -0.39 is 5.97 Å². The molecular formula is C16H19N7O3. The number of hydrogen-bond acceptors (Lipinski definition) is 9. The molecule has 0 aromatic carbocycles. The molecule has 10 nitrogen and oxygen atoms in total. The highest BCUT2D eigenvalue weighted by atomic mass is 16.4. The molecule has 3 heterocycles. The molecule has 10 N–H and O–H groups in total. The van der Waals surface area contributed by atoms with Crippen molar-refractivity contribution in [3.63, 3.8) is 0 Å². The fraction of sp³-hybridized carbons (Fsp3) is 0. The van der Waals surface area contributed by atoms with Crippen LogP contribution in [-0.4, -0.2) is 31.1 Å². The quantitative estimate of drug-likeness (QED) is 0.364. The molecule has 136 valence electrons. The van der Waals surface area contributed by atoms with E-state index in [0.29, 0.717) is 11.5 Å². The van der Waals surface area contributed by atoms with Gasteiger partial charge in [-0.05, 0) is 36.4 Å². The molecule has 0 amide bonds. The molecule has 3 aromatic rings. The molecule has 0 aliphatic rings. The zero-order valence-corrected chi connectivity index (χ0v) is 13.6. The van der Waals surface area contributed by atoms with Crippen LogP contribution in [0.4, 0.5) is 23.1 Å². The van der Waals surface area contributed by atoms with Gasteiger partial charge in [-0.2, -0.15) is 0 Å².